The molecule has 2 aromatic carbocycles. The van der Waals surface area contributed by atoms with Crippen molar-refractivity contribution in [2.45, 2.75) is 153 Å². The molecular formula is C40H56SiZr. The molecule has 0 bridgehead atoms. The van der Waals surface area contributed by atoms with Crippen molar-refractivity contribution >= 4 is 8.70 Å². The van der Waals surface area contributed by atoms with Gasteiger partial charge in [0.15, 0.2) is 0 Å². The van der Waals surface area contributed by atoms with E-state index >= 15 is 0 Å². The van der Waals surface area contributed by atoms with Crippen LogP contribution < -0.4 is 3.27 Å². The summed E-state index contributed by atoms with van der Waals surface area (Å²) in [6, 6.07) is 12.7. The van der Waals surface area contributed by atoms with Gasteiger partial charge in [-0.15, -0.1) is 0 Å². The summed E-state index contributed by atoms with van der Waals surface area (Å²) in [5.41, 5.74) is 11.7. The van der Waals surface area contributed by atoms with Crippen LogP contribution in [0, 0.1) is 0 Å². The third kappa shape index (κ3) is 6.38. The molecule has 0 nitrogen and oxygen atoms in total. The average Bonchev–Trinajstić information content (AvgIpc) is 3.40. The Labute approximate surface area is 266 Å². The van der Waals surface area contributed by atoms with Crippen LogP contribution in [0.3, 0.4) is 0 Å². The monoisotopic (exact) mass is 654 g/mol. The zero-order chi connectivity index (χ0) is 29.5. The van der Waals surface area contributed by atoms with Crippen LogP contribution in [0.15, 0.2) is 51.8 Å². The first-order chi connectivity index (χ1) is 20.1. The number of hydrogen-bond donors (Lipinski definition) is 0. The maximum atomic E-state index is 2.67. The number of fused-ring (bicyclic) bond motifs is 3. The molecule has 224 valence electrons. The van der Waals surface area contributed by atoms with Gasteiger partial charge in [-0.2, -0.15) is 0 Å². The predicted molar refractivity (Wildman–Crippen MR) is 182 cm³/mol. The van der Waals surface area contributed by atoms with E-state index in [0.29, 0.717) is 0 Å². The Morgan fingerprint density at radius 2 is 1.29 bits per heavy atom. The molecule has 0 aliphatic heterocycles. The minimum atomic E-state index is -2.26. The average molecular weight is 656 g/mol. The van der Waals surface area contributed by atoms with Crippen molar-refractivity contribution in [2.75, 3.05) is 0 Å². The summed E-state index contributed by atoms with van der Waals surface area (Å²) in [7, 11) is 0. The topological polar surface area (TPSA) is 0 Å². The summed E-state index contributed by atoms with van der Waals surface area (Å²) in [5, 5.41) is 0. The second kappa shape index (κ2) is 12.8. The van der Waals surface area contributed by atoms with Crippen molar-refractivity contribution in [3.63, 3.8) is 0 Å². The Kier molecular flexibility index (Phi) is 9.45. The van der Waals surface area contributed by atoms with Gasteiger partial charge in [0.1, 0.15) is 0 Å². The molecule has 0 radical (unpaired) electrons. The predicted octanol–water partition coefficient (Wildman–Crippen LogP) is 11.4. The Hall–Kier alpha value is -0.980. The third-order valence-electron chi connectivity index (χ3n) is 11.0. The first-order valence-corrected chi connectivity index (χ1v) is 25.3. The Morgan fingerprint density at radius 3 is 1.81 bits per heavy atom. The standard InChI is InChI=1S/C21H25.C14H26Si.C5H5.Zr/c1-20(2,3)16-7-9-18-14(12-16)11-15-13-17(21(4,5)6)8-10-19(15)18;1-2-6-10-13(9-5-1)15-14-11-7-3-4-8-12-14;1-2-4-5-3-1;/h7-10,12H,11H2,1-6H3;13-14H,1-12H2;1-3H,4H2;. The summed E-state index contributed by atoms with van der Waals surface area (Å²) < 4.78 is 3.96. The van der Waals surface area contributed by atoms with Gasteiger partial charge in [-0.3, -0.25) is 0 Å². The summed E-state index contributed by atoms with van der Waals surface area (Å²) in [6.07, 6.45) is 28.2. The first-order valence-electron chi connectivity index (χ1n) is 17.5. The normalized spacial score (nSPS) is 20.1. The summed E-state index contributed by atoms with van der Waals surface area (Å²) in [6.45, 7) is 14.7. The summed E-state index contributed by atoms with van der Waals surface area (Å²) in [5.74, 6) is 0. The van der Waals surface area contributed by atoms with E-state index in [1.54, 1.807) is 53.5 Å². The Morgan fingerprint density at radius 1 is 0.690 bits per heavy atom. The summed E-state index contributed by atoms with van der Waals surface area (Å²) in [4.78, 5) is 0. The van der Waals surface area contributed by atoms with Gasteiger partial charge < -0.3 is 0 Å². The van der Waals surface area contributed by atoms with Gasteiger partial charge in [0, 0.05) is 0 Å². The van der Waals surface area contributed by atoms with E-state index in [-0.39, 0.29) is 10.8 Å². The molecule has 4 aliphatic rings. The SMILES string of the molecule is CC(C)(C)c1ccc2c(c1)Cc1c-2ccc(C(C)(C)C)[c]1[Zr]([C]1=CC=CC1)=[Si](C1CCCCCC1)C1CCCCCC1. The van der Waals surface area contributed by atoms with Crippen LogP contribution >= 0.6 is 0 Å². The van der Waals surface area contributed by atoms with Gasteiger partial charge in [0.05, 0.1) is 0 Å². The zero-order valence-electron chi connectivity index (χ0n) is 27.7. The van der Waals surface area contributed by atoms with Crippen LogP contribution in [-0.4, -0.2) is 5.43 Å². The van der Waals surface area contributed by atoms with E-state index < -0.39 is 25.8 Å². The third-order valence-corrected chi connectivity index (χ3v) is 33.2. The molecule has 4 aliphatic carbocycles. The van der Waals surface area contributed by atoms with E-state index in [1.165, 1.54) is 69.8 Å². The first kappa shape index (κ1) is 31.0. The second-order valence-corrected chi connectivity index (χ2v) is 30.5. The molecule has 2 fully saturated rings. The van der Waals surface area contributed by atoms with Gasteiger partial charge >= 0.3 is 268 Å². The van der Waals surface area contributed by atoms with E-state index in [2.05, 4.69) is 90.1 Å². The van der Waals surface area contributed by atoms with Gasteiger partial charge in [0.2, 0.25) is 0 Å². The molecule has 0 atom stereocenters. The van der Waals surface area contributed by atoms with Crippen molar-refractivity contribution in [1.29, 1.82) is 0 Å². The molecular weight excluding hydrogens is 600 g/mol. The molecule has 0 amide bonds. The van der Waals surface area contributed by atoms with Crippen molar-refractivity contribution < 1.29 is 20.4 Å². The van der Waals surface area contributed by atoms with Crippen molar-refractivity contribution in [3.05, 3.63) is 74.1 Å². The molecule has 2 heteroatoms. The number of allylic oxidation sites excluding steroid dienone is 4. The number of hydrogen-bond acceptors (Lipinski definition) is 0. The van der Waals surface area contributed by atoms with Crippen LogP contribution in [0.1, 0.15) is 147 Å². The molecule has 2 saturated carbocycles. The number of benzene rings is 2. The maximum absolute atomic E-state index is 2.67. The zero-order valence-corrected chi connectivity index (χ0v) is 31.1. The Bertz CT molecular complexity index is 1370. The quantitative estimate of drug-likeness (QED) is 0.194. The molecule has 0 spiro atoms. The van der Waals surface area contributed by atoms with Crippen LogP contribution in [0.4, 0.5) is 0 Å². The van der Waals surface area contributed by atoms with Gasteiger partial charge in [-0.1, -0.05) is 0 Å². The van der Waals surface area contributed by atoms with Crippen molar-refractivity contribution in [1.82, 2.24) is 0 Å². The van der Waals surface area contributed by atoms with Gasteiger partial charge in [0.25, 0.3) is 0 Å². The van der Waals surface area contributed by atoms with E-state index in [0.717, 1.165) is 11.1 Å². The molecule has 0 aromatic heterocycles. The van der Waals surface area contributed by atoms with E-state index in [9.17, 15) is 0 Å². The van der Waals surface area contributed by atoms with Crippen LogP contribution in [0.25, 0.3) is 11.1 Å². The fourth-order valence-electron chi connectivity index (χ4n) is 8.70. The van der Waals surface area contributed by atoms with Gasteiger partial charge in [-0.05, 0) is 0 Å². The van der Waals surface area contributed by atoms with Gasteiger partial charge in [-0.25, -0.2) is 0 Å². The van der Waals surface area contributed by atoms with Crippen LogP contribution in [0.5, 0.6) is 0 Å². The fourth-order valence-corrected chi connectivity index (χ4v) is 36.1. The molecule has 2 aromatic rings. The van der Waals surface area contributed by atoms with E-state index in [1.807, 2.05) is 6.55 Å². The second-order valence-electron chi connectivity index (χ2n) is 16.1. The van der Waals surface area contributed by atoms with Crippen molar-refractivity contribution in [3.8, 4) is 11.1 Å². The molecule has 0 saturated heterocycles. The number of rotatable bonds is 4. The molecule has 0 heterocycles. The van der Waals surface area contributed by atoms with Crippen LogP contribution in [-0.2, 0) is 37.6 Å². The minimum absolute atomic E-state index is 0.188. The van der Waals surface area contributed by atoms with E-state index in [4.69, 9.17) is 0 Å². The molecule has 6 rings (SSSR count). The van der Waals surface area contributed by atoms with Crippen molar-refractivity contribution in [2.24, 2.45) is 0 Å². The Balaban J connectivity index is 1.63. The van der Waals surface area contributed by atoms with Crippen LogP contribution in [0.2, 0.25) is 11.1 Å². The molecule has 0 N–H and O–H groups in total. The molecule has 0 unspecified atom stereocenters. The summed E-state index contributed by atoms with van der Waals surface area (Å²) >= 11 is -2.26. The fraction of sp³-hybridized carbons (Fsp3) is 0.600. The molecule has 42 heavy (non-hydrogen) atoms.